The van der Waals surface area contributed by atoms with E-state index in [1.165, 1.54) is 0 Å². The summed E-state index contributed by atoms with van der Waals surface area (Å²) in [6.45, 7) is 0. The Kier molecular flexibility index (Phi) is 4.60. The molecule has 3 rings (SSSR count). The largest absolute Gasteiger partial charge is 0.364 e. The van der Waals surface area contributed by atoms with Gasteiger partial charge in [-0.1, -0.05) is 11.8 Å². The molecule has 0 bridgehead atoms. The molecule has 1 aromatic heterocycles. The van der Waals surface area contributed by atoms with Crippen LogP contribution in [0.1, 0.15) is 31.4 Å². The van der Waals surface area contributed by atoms with Gasteiger partial charge in [0, 0.05) is 18.3 Å². The van der Waals surface area contributed by atoms with Crippen LogP contribution in [0.25, 0.3) is 6.08 Å². The Morgan fingerprint density at radius 2 is 2.18 bits per heavy atom. The van der Waals surface area contributed by atoms with E-state index < -0.39 is 5.56 Å². The Morgan fingerprint density at radius 3 is 2.86 bits per heavy atom. The van der Waals surface area contributed by atoms with Crippen LogP contribution >= 0.6 is 11.8 Å². The molecule has 1 saturated heterocycles. The average Bonchev–Trinajstić information content (AvgIpc) is 2.80. The van der Waals surface area contributed by atoms with Crippen molar-refractivity contribution in [2.45, 2.75) is 43.3 Å². The lowest BCUT2D eigenvalue weighted by molar-refractivity contribution is -0.117. The van der Waals surface area contributed by atoms with Gasteiger partial charge in [0.2, 0.25) is 5.95 Å². The number of amides is 1. The fourth-order valence-corrected chi connectivity index (χ4v) is 3.35. The summed E-state index contributed by atoms with van der Waals surface area (Å²) in [5.41, 5.74) is 5.65. The molecule has 8 heteroatoms. The SMILES string of the molecule is N[C@H]1CC[C@H](Nc2nccc(/C=C3\SC(O)NC3=O)n2)CC1. The molecule has 0 spiro atoms. The average molecular weight is 321 g/mol. The van der Waals surface area contributed by atoms with Crippen LogP contribution in [0.15, 0.2) is 17.2 Å². The van der Waals surface area contributed by atoms with Crippen LogP contribution in [0.3, 0.4) is 0 Å². The third kappa shape index (κ3) is 3.76. The molecule has 5 N–H and O–H groups in total. The summed E-state index contributed by atoms with van der Waals surface area (Å²) in [6.07, 6.45) is 7.36. The number of carbonyl (C=O) groups is 1. The number of rotatable bonds is 3. The topological polar surface area (TPSA) is 113 Å². The number of anilines is 1. The number of aromatic nitrogens is 2. The second-order valence-corrected chi connectivity index (χ2v) is 6.64. The Balaban J connectivity index is 1.68. The molecular weight excluding hydrogens is 302 g/mol. The van der Waals surface area contributed by atoms with Gasteiger partial charge in [0.1, 0.15) is 0 Å². The molecule has 7 nitrogen and oxygen atoms in total. The minimum absolute atomic E-state index is 0.285. The van der Waals surface area contributed by atoms with Crippen molar-refractivity contribution >= 4 is 29.7 Å². The van der Waals surface area contributed by atoms with Gasteiger partial charge in [0.25, 0.3) is 5.91 Å². The highest BCUT2D eigenvalue weighted by atomic mass is 32.2. The number of nitrogens with zero attached hydrogens (tertiary/aromatic N) is 2. The monoisotopic (exact) mass is 321 g/mol. The zero-order valence-electron chi connectivity index (χ0n) is 12.0. The highest BCUT2D eigenvalue weighted by Gasteiger charge is 2.25. The van der Waals surface area contributed by atoms with Gasteiger partial charge in [-0.15, -0.1) is 0 Å². The summed E-state index contributed by atoms with van der Waals surface area (Å²) >= 11 is 1.07. The summed E-state index contributed by atoms with van der Waals surface area (Å²) in [6, 6.07) is 2.38. The highest BCUT2D eigenvalue weighted by Crippen LogP contribution is 2.27. The highest BCUT2D eigenvalue weighted by molar-refractivity contribution is 8.05. The summed E-state index contributed by atoms with van der Waals surface area (Å²) in [5.74, 6) is 0.269. The van der Waals surface area contributed by atoms with Gasteiger partial charge >= 0.3 is 0 Å². The zero-order valence-corrected chi connectivity index (χ0v) is 12.8. The number of nitrogens with two attached hydrogens (primary N) is 1. The van der Waals surface area contributed by atoms with Gasteiger partial charge in [-0.05, 0) is 37.8 Å². The molecule has 2 fully saturated rings. The minimum Gasteiger partial charge on any atom is -0.364 e. The number of hydrogen-bond donors (Lipinski definition) is 4. The molecule has 1 atom stereocenters. The van der Waals surface area contributed by atoms with Gasteiger partial charge in [0.05, 0.1) is 10.6 Å². The molecule has 1 aliphatic heterocycles. The molecule has 2 heterocycles. The maximum absolute atomic E-state index is 11.6. The molecule has 1 amide bonds. The van der Waals surface area contributed by atoms with Gasteiger partial charge in [-0.25, -0.2) is 9.97 Å². The molecular formula is C14H19N5O2S. The van der Waals surface area contributed by atoms with Crippen molar-refractivity contribution in [1.82, 2.24) is 15.3 Å². The Hall–Kier alpha value is -1.64. The number of nitrogens with one attached hydrogen (secondary N) is 2. The number of aliphatic hydroxyl groups is 1. The molecule has 2 aliphatic rings. The predicted octanol–water partition coefficient (Wildman–Crippen LogP) is 0.638. The fraction of sp³-hybridized carbons (Fsp3) is 0.500. The normalized spacial score (nSPS) is 30.4. The Labute approximate surface area is 132 Å². The van der Waals surface area contributed by atoms with Crippen LogP contribution in [-0.2, 0) is 4.79 Å². The minimum atomic E-state index is -0.885. The molecule has 1 aliphatic carbocycles. The van der Waals surface area contributed by atoms with E-state index in [4.69, 9.17) is 5.73 Å². The van der Waals surface area contributed by atoms with Crippen LogP contribution < -0.4 is 16.4 Å². The zero-order chi connectivity index (χ0) is 15.5. The van der Waals surface area contributed by atoms with E-state index in [2.05, 4.69) is 20.6 Å². The van der Waals surface area contributed by atoms with Crippen molar-refractivity contribution in [3.05, 3.63) is 22.9 Å². The number of aliphatic hydroxyl groups excluding tert-OH is 1. The van der Waals surface area contributed by atoms with Gasteiger partial charge in [-0.3, -0.25) is 4.79 Å². The maximum atomic E-state index is 11.6. The number of hydrogen-bond acceptors (Lipinski definition) is 7. The van der Waals surface area contributed by atoms with Gasteiger partial charge < -0.3 is 21.5 Å². The Morgan fingerprint density at radius 1 is 1.41 bits per heavy atom. The van der Waals surface area contributed by atoms with Gasteiger partial charge in [0.15, 0.2) is 5.56 Å². The summed E-state index contributed by atoms with van der Waals surface area (Å²) in [7, 11) is 0. The predicted molar refractivity (Wildman–Crippen MR) is 85.6 cm³/mol. The van der Waals surface area contributed by atoms with Gasteiger partial charge in [-0.2, -0.15) is 0 Å². The fourth-order valence-electron chi connectivity index (χ4n) is 2.59. The summed E-state index contributed by atoms with van der Waals surface area (Å²) in [5, 5.41) is 15.1. The Bertz CT molecular complexity index is 586. The standard InChI is InChI=1S/C14H19N5O2S/c15-8-1-3-9(4-2-8)17-13-16-6-5-10(18-13)7-11-12(20)19-14(21)22-11/h5-9,14,21H,1-4,15H2,(H,19,20)(H,16,17,18)/b11-7-/t8-,9-,14?. The van der Waals surface area contributed by atoms with E-state index in [0.717, 1.165) is 37.4 Å². The van der Waals surface area contributed by atoms with Crippen molar-refractivity contribution in [1.29, 1.82) is 0 Å². The van der Waals surface area contributed by atoms with Crippen LogP contribution in [0.5, 0.6) is 0 Å². The van der Waals surface area contributed by atoms with Crippen LogP contribution in [-0.4, -0.2) is 38.6 Å². The first kappa shape index (κ1) is 15.3. The first-order valence-electron chi connectivity index (χ1n) is 7.32. The summed E-state index contributed by atoms with van der Waals surface area (Å²) < 4.78 is 0. The molecule has 1 saturated carbocycles. The van der Waals surface area contributed by atoms with Crippen molar-refractivity contribution < 1.29 is 9.90 Å². The van der Waals surface area contributed by atoms with E-state index in [0.29, 0.717) is 28.6 Å². The number of thioether (sulfide) groups is 1. The van der Waals surface area contributed by atoms with Crippen LogP contribution in [0.4, 0.5) is 5.95 Å². The van der Waals surface area contributed by atoms with E-state index in [1.54, 1.807) is 18.3 Å². The molecule has 118 valence electrons. The van der Waals surface area contributed by atoms with E-state index >= 15 is 0 Å². The van der Waals surface area contributed by atoms with Crippen LogP contribution in [0.2, 0.25) is 0 Å². The van der Waals surface area contributed by atoms with Crippen molar-refractivity contribution in [2.75, 3.05) is 5.32 Å². The van der Waals surface area contributed by atoms with Crippen molar-refractivity contribution in [3.8, 4) is 0 Å². The summed E-state index contributed by atoms with van der Waals surface area (Å²) in [4.78, 5) is 20.7. The lowest BCUT2D eigenvalue weighted by Gasteiger charge is -2.26. The quantitative estimate of drug-likeness (QED) is 0.604. The van der Waals surface area contributed by atoms with E-state index in [9.17, 15) is 9.90 Å². The molecule has 22 heavy (non-hydrogen) atoms. The molecule has 1 unspecified atom stereocenters. The maximum Gasteiger partial charge on any atom is 0.260 e. The third-order valence-corrected chi connectivity index (χ3v) is 4.68. The van der Waals surface area contributed by atoms with Crippen LogP contribution in [0, 0.1) is 0 Å². The van der Waals surface area contributed by atoms with E-state index in [-0.39, 0.29) is 5.91 Å². The smallest absolute Gasteiger partial charge is 0.260 e. The third-order valence-electron chi connectivity index (χ3n) is 3.78. The first-order valence-corrected chi connectivity index (χ1v) is 8.20. The molecule has 0 radical (unpaired) electrons. The van der Waals surface area contributed by atoms with E-state index in [1.807, 2.05) is 0 Å². The second kappa shape index (κ2) is 6.64. The van der Waals surface area contributed by atoms with Crippen molar-refractivity contribution in [2.24, 2.45) is 5.73 Å². The molecule has 0 aromatic carbocycles. The second-order valence-electron chi connectivity index (χ2n) is 5.51. The lowest BCUT2D eigenvalue weighted by atomic mass is 9.92. The lowest BCUT2D eigenvalue weighted by Crippen LogP contribution is -2.33. The first-order chi connectivity index (χ1) is 10.6. The van der Waals surface area contributed by atoms with Crippen molar-refractivity contribution in [3.63, 3.8) is 0 Å². The molecule has 1 aromatic rings. The number of carbonyl (C=O) groups excluding carboxylic acids is 1.